The molecule has 0 fully saturated rings. The molecule has 0 unspecified atom stereocenters. The molecule has 0 spiro atoms. The summed E-state index contributed by atoms with van der Waals surface area (Å²) in [7, 11) is 3.25. The maximum Gasteiger partial charge on any atom is 0.160 e. The van der Waals surface area contributed by atoms with Crippen LogP contribution < -0.4 is 15.2 Å². The molecule has 114 valence electrons. The molecule has 0 amide bonds. The van der Waals surface area contributed by atoms with Crippen LogP contribution in [0.2, 0.25) is 0 Å². The van der Waals surface area contributed by atoms with E-state index in [-0.39, 0.29) is 0 Å². The van der Waals surface area contributed by atoms with Crippen LogP contribution in [0.4, 0.5) is 0 Å². The summed E-state index contributed by atoms with van der Waals surface area (Å²) in [5.74, 6) is 1.51. The van der Waals surface area contributed by atoms with E-state index >= 15 is 0 Å². The number of aryl methyl sites for hydroxylation is 1. The number of nitrogens with two attached hydrogens (primary N) is 1. The number of benzene rings is 2. The third kappa shape index (κ3) is 5.88. The monoisotopic (exact) mass is 287 g/mol. The molecule has 0 heterocycles. The number of ether oxygens (including phenoxy) is 2. The highest BCUT2D eigenvalue weighted by Crippen LogP contribution is 2.27. The molecule has 2 aromatic carbocycles. The smallest absolute Gasteiger partial charge is 0.160 e. The quantitative estimate of drug-likeness (QED) is 0.916. The molecular weight excluding hydrogens is 262 g/mol. The number of hydrogen-bond acceptors (Lipinski definition) is 3. The largest absolute Gasteiger partial charge is 0.493 e. The maximum absolute atomic E-state index is 5.45. The standard InChI is InChI=1S/C10H15NO2.C8H10/c1-12-9-4-3-8(5-6-11)7-10(9)13-2;1-2-8-6-4-3-5-7-8/h3-4,7H,5-6,11H2,1-2H3;3-7H,2H2,1H3. The summed E-state index contributed by atoms with van der Waals surface area (Å²) in [6.45, 7) is 2.81. The summed E-state index contributed by atoms with van der Waals surface area (Å²) in [6.07, 6.45) is 2.00. The van der Waals surface area contributed by atoms with Crippen molar-refractivity contribution in [2.24, 2.45) is 5.73 Å². The van der Waals surface area contributed by atoms with Crippen molar-refractivity contribution < 1.29 is 9.47 Å². The highest BCUT2D eigenvalue weighted by Gasteiger charge is 2.03. The Balaban J connectivity index is 0.000000235. The van der Waals surface area contributed by atoms with Crippen LogP contribution in [0.15, 0.2) is 48.5 Å². The minimum absolute atomic E-state index is 0.648. The molecule has 0 atom stereocenters. The van der Waals surface area contributed by atoms with Crippen LogP contribution in [0.5, 0.6) is 11.5 Å². The first-order chi connectivity index (χ1) is 10.2. The number of methoxy groups -OCH3 is 2. The Kier molecular flexibility index (Phi) is 7.99. The zero-order valence-electron chi connectivity index (χ0n) is 13.1. The summed E-state index contributed by atoms with van der Waals surface area (Å²) in [4.78, 5) is 0. The minimum atomic E-state index is 0.648. The molecule has 0 saturated carbocycles. The first-order valence-electron chi connectivity index (χ1n) is 7.20. The van der Waals surface area contributed by atoms with Gasteiger partial charge in [-0.1, -0.05) is 43.3 Å². The Labute approximate surface area is 127 Å². The van der Waals surface area contributed by atoms with Gasteiger partial charge in [-0.2, -0.15) is 0 Å². The molecule has 3 nitrogen and oxygen atoms in total. The van der Waals surface area contributed by atoms with Crippen molar-refractivity contribution >= 4 is 0 Å². The van der Waals surface area contributed by atoms with Crippen LogP contribution in [0.25, 0.3) is 0 Å². The van der Waals surface area contributed by atoms with Crippen LogP contribution in [-0.2, 0) is 12.8 Å². The van der Waals surface area contributed by atoms with Crippen LogP contribution in [0.3, 0.4) is 0 Å². The molecule has 3 heteroatoms. The molecule has 0 aliphatic heterocycles. The zero-order chi connectivity index (χ0) is 15.5. The van der Waals surface area contributed by atoms with Crippen molar-refractivity contribution in [3.63, 3.8) is 0 Å². The molecule has 0 aromatic heterocycles. The van der Waals surface area contributed by atoms with E-state index in [9.17, 15) is 0 Å². The number of hydrogen-bond donors (Lipinski definition) is 1. The first-order valence-corrected chi connectivity index (χ1v) is 7.20. The fraction of sp³-hybridized carbons (Fsp3) is 0.333. The lowest BCUT2D eigenvalue weighted by atomic mass is 10.1. The molecule has 0 radical (unpaired) electrons. The molecule has 2 rings (SSSR count). The van der Waals surface area contributed by atoms with E-state index in [1.807, 2.05) is 24.3 Å². The van der Waals surface area contributed by atoms with E-state index in [1.54, 1.807) is 14.2 Å². The minimum Gasteiger partial charge on any atom is -0.493 e. The highest BCUT2D eigenvalue weighted by molar-refractivity contribution is 5.42. The van der Waals surface area contributed by atoms with Gasteiger partial charge in [0.2, 0.25) is 0 Å². The van der Waals surface area contributed by atoms with Crippen LogP contribution in [0.1, 0.15) is 18.1 Å². The third-order valence-corrected chi connectivity index (χ3v) is 3.13. The van der Waals surface area contributed by atoms with Gasteiger partial charge in [0, 0.05) is 0 Å². The van der Waals surface area contributed by atoms with Gasteiger partial charge in [-0.15, -0.1) is 0 Å². The Morgan fingerprint density at radius 2 is 1.52 bits per heavy atom. The van der Waals surface area contributed by atoms with Crippen LogP contribution in [-0.4, -0.2) is 20.8 Å². The second-order valence-electron chi connectivity index (χ2n) is 4.57. The second-order valence-corrected chi connectivity index (χ2v) is 4.57. The first kappa shape index (κ1) is 17.1. The Hall–Kier alpha value is -2.00. The normalized spacial score (nSPS) is 9.52. The fourth-order valence-corrected chi connectivity index (χ4v) is 1.92. The average molecular weight is 287 g/mol. The summed E-state index contributed by atoms with van der Waals surface area (Å²) in [6, 6.07) is 16.3. The van der Waals surface area contributed by atoms with Crippen molar-refractivity contribution in [1.82, 2.24) is 0 Å². The maximum atomic E-state index is 5.45. The molecule has 0 saturated heterocycles. The topological polar surface area (TPSA) is 44.5 Å². The van der Waals surface area contributed by atoms with Crippen LogP contribution in [0, 0.1) is 0 Å². The predicted octanol–water partition coefficient (Wildman–Crippen LogP) is 3.45. The second kappa shape index (κ2) is 9.83. The Bertz CT molecular complexity index is 512. The van der Waals surface area contributed by atoms with Gasteiger partial charge in [-0.05, 0) is 42.6 Å². The molecule has 0 aliphatic rings. The van der Waals surface area contributed by atoms with Gasteiger partial charge in [0.1, 0.15) is 0 Å². The van der Waals surface area contributed by atoms with Gasteiger partial charge in [0.05, 0.1) is 14.2 Å². The Morgan fingerprint density at radius 1 is 0.857 bits per heavy atom. The van der Waals surface area contributed by atoms with Crippen molar-refractivity contribution in [2.45, 2.75) is 19.8 Å². The van der Waals surface area contributed by atoms with Gasteiger partial charge in [0.15, 0.2) is 11.5 Å². The van der Waals surface area contributed by atoms with E-state index in [4.69, 9.17) is 15.2 Å². The molecule has 2 N–H and O–H groups in total. The van der Waals surface area contributed by atoms with Gasteiger partial charge in [-0.3, -0.25) is 0 Å². The average Bonchev–Trinajstić information content (AvgIpc) is 2.56. The van der Waals surface area contributed by atoms with E-state index in [0.717, 1.165) is 24.3 Å². The molecule has 0 bridgehead atoms. The van der Waals surface area contributed by atoms with Crippen molar-refractivity contribution in [3.8, 4) is 11.5 Å². The van der Waals surface area contributed by atoms with E-state index in [0.29, 0.717) is 6.54 Å². The lowest BCUT2D eigenvalue weighted by Gasteiger charge is -2.08. The third-order valence-electron chi connectivity index (χ3n) is 3.13. The molecular formula is C18H25NO2. The lowest BCUT2D eigenvalue weighted by Crippen LogP contribution is -2.03. The van der Waals surface area contributed by atoms with E-state index in [1.165, 1.54) is 11.1 Å². The summed E-state index contributed by atoms with van der Waals surface area (Å²) >= 11 is 0. The van der Waals surface area contributed by atoms with Crippen molar-refractivity contribution in [3.05, 3.63) is 59.7 Å². The summed E-state index contributed by atoms with van der Waals surface area (Å²) in [5.41, 5.74) is 8.03. The van der Waals surface area contributed by atoms with Crippen molar-refractivity contribution in [1.29, 1.82) is 0 Å². The van der Waals surface area contributed by atoms with Gasteiger partial charge in [-0.25, -0.2) is 0 Å². The molecule has 0 aliphatic carbocycles. The fourth-order valence-electron chi connectivity index (χ4n) is 1.92. The van der Waals surface area contributed by atoms with E-state index < -0.39 is 0 Å². The summed E-state index contributed by atoms with van der Waals surface area (Å²) < 4.78 is 10.3. The zero-order valence-corrected chi connectivity index (χ0v) is 13.1. The molecule has 2 aromatic rings. The van der Waals surface area contributed by atoms with Gasteiger partial charge < -0.3 is 15.2 Å². The molecule has 21 heavy (non-hydrogen) atoms. The SMILES string of the molecule is CCc1ccccc1.COc1ccc(CCN)cc1OC. The Morgan fingerprint density at radius 3 is 2.00 bits per heavy atom. The van der Waals surface area contributed by atoms with Gasteiger partial charge >= 0.3 is 0 Å². The summed E-state index contributed by atoms with van der Waals surface area (Å²) in [5, 5.41) is 0. The highest BCUT2D eigenvalue weighted by atomic mass is 16.5. The van der Waals surface area contributed by atoms with E-state index in [2.05, 4.69) is 31.2 Å². The van der Waals surface area contributed by atoms with Gasteiger partial charge in [0.25, 0.3) is 0 Å². The number of rotatable bonds is 5. The van der Waals surface area contributed by atoms with Crippen LogP contribution >= 0.6 is 0 Å². The lowest BCUT2D eigenvalue weighted by molar-refractivity contribution is 0.354. The predicted molar refractivity (Wildman–Crippen MR) is 88.1 cm³/mol. The van der Waals surface area contributed by atoms with Crippen molar-refractivity contribution in [2.75, 3.05) is 20.8 Å².